The lowest BCUT2D eigenvalue weighted by atomic mass is 9.88. The van der Waals surface area contributed by atoms with E-state index in [2.05, 4.69) is 19.3 Å². The van der Waals surface area contributed by atoms with Crippen LogP contribution in [0.5, 0.6) is 0 Å². The van der Waals surface area contributed by atoms with E-state index in [4.69, 9.17) is 15.3 Å². The van der Waals surface area contributed by atoms with Gasteiger partial charge in [-0.1, -0.05) is 45.9 Å². The van der Waals surface area contributed by atoms with Crippen LogP contribution in [0.25, 0.3) is 0 Å². The second kappa shape index (κ2) is 7.57. The molecule has 0 aromatic heterocycles. The molecule has 5 nitrogen and oxygen atoms in total. The molecular formula is C15H26N2O3. The molecule has 2 unspecified atom stereocenters. The average molecular weight is 282 g/mol. The van der Waals surface area contributed by atoms with E-state index >= 15 is 0 Å². The van der Waals surface area contributed by atoms with Gasteiger partial charge in [-0.2, -0.15) is 0 Å². The summed E-state index contributed by atoms with van der Waals surface area (Å²) in [7, 11) is 0. The highest BCUT2D eigenvalue weighted by atomic mass is 16.5. The molecule has 0 aromatic carbocycles. The molecule has 1 aliphatic carbocycles. The lowest BCUT2D eigenvalue weighted by molar-refractivity contribution is -0.156. The Hall–Kier alpha value is -1.17. The molecule has 0 saturated heterocycles. The second-order valence-electron chi connectivity index (χ2n) is 5.90. The number of esters is 1. The van der Waals surface area contributed by atoms with Gasteiger partial charge in [0.25, 0.3) is 0 Å². The number of nitrogens with two attached hydrogens (primary N) is 1. The molecule has 5 heteroatoms. The standard InChI is InChI=1S/C15H26N2O3/c1-11(2)9-19-13-7-5-6-8-15(13,17-16)14(18)20-10-12(3)4/h5-8,11-13,17H,9-10,16H2,1-4H3. The average Bonchev–Trinajstić information content (AvgIpc) is 2.42. The van der Waals surface area contributed by atoms with Crippen molar-refractivity contribution in [3.63, 3.8) is 0 Å². The number of carbonyl (C=O) groups excluding carboxylic acids is 1. The minimum Gasteiger partial charge on any atom is -0.464 e. The molecule has 0 saturated carbocycles. The van der Waals surface area contributed by atoms with Crippen molar-refractivity contribution in [2.24, 2.45) is 17.7 Å². The van der Waals surface area contributed by atoms with E-state index in [1.165, 1.54) is 0 Å². The Morgan fingerprint density at radius 2 is 1.90 bits per heavy atom. The first kappa shape index (κ1) is 16.9. The maximum Gasteiger partial charge on any atom is 0.334 e. The van der Waals surface area contributed by atoms with Gasteiger partial charge >= 0.3 is 5.97 Å². The van der Waals surface area contributed by atoms with Crippen LogP contribution in [0.1, 0.15) is 27.7 Å². The van der Waals surface area contributed by atoms with Crippen LogP contribution in [0.4, 0.5) is 0 Å². The number of hydrazine groups is 1. The monoisotopic (exact) mass is 282 g/mol. The number of allylic oxidation sites excluding steroid dienone is 2. The molecule has 0 heterocycles. The lowest BCUT2D eigenvalue weighted by Gasteiger charge is -2.35. The second-order valence-corrected chi connectivity index (χ2v) is 5.90. The zero-order chi connectivity index (χ0) is 15.2. The highest BCUT2D eigenvalue weighted by Gasteiger charge is 2.45. The van der Waals surface area contributed by atoms with E-state index in [1.54, 1.807) is 12.2 Å². The molecule has 1 rings (SSSR count). The van der Waals surface area contributed by atoms with Gasteiger partial charge in [0.2, 0.25) is 0 Å². The van der Waals surface area contributed by atoms with E-state index in [9.17, 15) is 4.79 Å². The van der Waals surface area contributed by atoms with Crippen molar-refractivity contribution in [1.82, 2.24) is 5.43 Å². The van der Waals surface area contributed by atoms with E-state index in [0.717, 1.165) is 0 Å². The van der Waals surface area contributed by atoms with E-state index < -0.39 is 17.6 Å². The summed E-state index contributed by atoms with van der Waals surface area (Å²) in [5, 5.41) is 0. The van der Waals surface area contributed by atoms with Crippen molar-refractivity contribution in [2.75, 3.05) is 13.2 Å². The van der Waals surface area contributed by atoms with Crippen LogP contribution in [0.2, 0.25) is 0 Å². The van der Waals surface area contributed by atoms with Crippen LogP contribution in [0.15, 0.2) is 24.3 Å². The van der Waals surface area contributed by atoms with Gasteiger partial charge in [0.15, 0.2) is 5.54 Å². The summed E-state index contributed by atoms with van der Waals surface area (Å²) in [6, 6.07) is 0. The molecule has 20 heavy (non-hydrogen) atoms. The quantitative estimate of drug-likeness (QED) is 0.421. The Balaban J connectivity index is 2.83. The highest BCUT2D eigenvalue weighted by Crippen LogP contribution is 2.23. The Morgan fingerprint density at radius 3 is 2.45 bits per heavy atom. The summed E-state index contributed by atoms with van der Waals surface area (Å²) in [6.45, 7) is 8.98. The predicted octanol–water partition coefficient (Wildman–Crippen LogP) is 1.55. The normalized spacial score (nSPS) is 25.4. The smallest absolute Gasteiger partial charge is 0.334 e. The SMILES string of the molecule is CC(C)COC(=O)C1(NN)C=CC=CC1OCC(C)C. The van der Waals surface area contributed by atoms with Gasteiger partial charge in [-0.25, -0.2) is 10.2 Å². The van der Waals surface area contributed by atoms with Gasteiger partial charge in [0.05, 0.1) is 6.61 Å². The minimum absolute atomic E-state index is 0.270. The van der Waals surface area contributed by atoms with Gasteiger partial charge in [-0.05, 0) is 17.9 Å². The van der Waals surface area contributed by atoms with Gasteiger partial charge in [-0.15, -0.1) is 0 Å². The van der Waals surface area contributed by atoms with Crippen LogP contribution in [-0.2, 0) is 14.3 Å². The first-order valence-electron chi connectivity index (χ1n) is 7.05. The Bertz CT molecular complexity index is 377. The van der Waals surface area contributed by atoms with E-state index in [0.29, 0.717) is 19.1 Å². The highest BCUT2D eigenvalue weighted by molar-refractivity contribution is 5.85. The Kier molecular flexibility index (Phi) is 6.39. The largest absolute Gasteiger partial charge is 0.464 e. The van der Waals surface area contributed by atoms with Crippen LogP contribution in [0.3, 0.4) is 0 Å². The molecule has 0 fully saturated rings. The van der Waals surface area contributed by atoms with Gasteiger partial charge in [-0.3, -0.25) is 5.84 Å². The number of rotatable bonds is 7. The lowest BCUT2D eigenvalue weighted by Crippen LogP contribution is -2.63. The molecule has 0 amide bonds. The fourth-order valence-electron chi connectivity index (χ4n) is 1.84. The summed E-state index contributed by atoms with van der Waals surface area (Å²) in [6.07, 6.45) is 6.65. The number of nitrogens with one attached hydrogen (secondary N) is 1. The molecule has 0 radical (unpaired) electrons. The third-order valence-electron chi connectivity index (χ3n) is 2.94. The molecule has 0 aliphatic heterocycles. The maximum atomic E-state index is 12.4. The van der Waals surface area contributed by atoms with E-state index in [-0.39, 0.29) is 5.92 Å². The minimum atomic E-state index is -1.15. The zero-order valence-corrected chi connectivity index (χ0v) is 12.8. The summed E-state index contributed by atoms with van der Waals surface area (Å²) in [4.78, 5) is 12.4. The first-order valence-corrected chi connectivity index (χ1v) is 7.05. The van der Waals surface area contributed by atoms with Gasteiger partial charge in [0, 0.05) is 6.61 Å². The van der Waals surface area contributed by atoms with Crippen molar-refractivity contribution < 1.29 is 14.3 Å². The predicted molar refractivity (Wildman–Crippen MR) is 78.7 cm³/mol. The van der Waals surface area contributed by atoms with Crippen molar-refractivity contribution in [3.8, 4) is 0 Å². The molecule has 114 valence electrons. The van der Waals surface area contributed by atoms with Gasteiger partial charge in [0.1, 0.15) is 6.10 Å². The summed E-state index contributed by atoms with van der Waals surface area (Å²) >= 11 is 0. The molecule has 2 atom stereocenters. The first-order chi connectivity index (χ1) is 9.42. The van der Waals surface area contributed by atoms with Gasteiger partial charge < -0.3 is 9.47 Å². The number of hydrogen-bond donors (Lipinski definition) is 2. The third kappa shape index (κ3) is 4.16. The molecule has 0 bridgehead atoms. The van der Waals surface area contributed by atoms with Crippen LogP contribution < -0.4 is 11.3 Å². The summed E-state index contributed by atoms with van der Waals surface area (Å²) < 4.78 is 11.1. The summed E-state index contributed by atoms with van der Waals surface area (Å²) in [5.41, 5.74) is 1.42. The molecule has 3 N–H and O–H groups in total. The number of ether oxygens (including phenoxy) is 2. The fraction of sp³-hybridized carbons (Fsp3) is 0.667. The Labute approximate surface area is 121 Å². The Morgan fingerprint density at radius 1 is 1.25 bits per heavy atom. The van der Waals surface area contributed by atoms with Crippen molar-refractivity contribution >= 4 is 5.97 Å². The summed E-state index contributed by atoms with van der Waals surface area (Å²) in [5.74, 6) is 5.85. The molecule has 0 spiro atoms. The fourth-order valence-corrected chi connectivity index (χ4v) is 1.84. The number of carbonyl (C=O) groups is 1. The number of hydrogen-bond acceptors (Lipinski definition) is 5. The molecular weight excluding hydrogens is 256 g/mol. The van der Waals surface area contributed by atoms with Crippen LogP contribution in [-0.4, -0.2) is 30.8 Å². The van der Waals surface area contributed by atoms with E-state index in [1.807, 2.05) is 26.0 Å². The van der Waals surface area contributed by atoms with Crippen LogP contribution >= 0.6 is 0 Å². The maximum absolute atomic E-state index is 12.4. The van der Waals surface area contributed by atoms with Crippen molar-refractivity contribution in [3.05, 3.63) is 24.3 Å². The topological polar surface area (TPSA) is 73.6 Å². The van der Waals surface area contributed by atoms with Crippen molar-refractivity contribution in [2.45, 2.75) is 39.3 Å². The zero-order valence-electron chi connectivity index (χ0n) is 12.8. The van der Waals surface area contributed by atoms with Crippen LogP contribution in [0, 0.1) is 11.8 Å². The molecule has 1 aliphatic rings. The van der Waals surface area contributed by atoms with Crippen molar-refractivity contribution in [1.29, 1.82) is 0 Å². The third-order valence-corrected chi connectivity index (χ3v) is 2.94. The molecule has 0 aromatic rings.